The lowest BCUT2D eigenvalue weighted by molar-refractivity contribution is 0.566. The van der Waals surface area contributed by atoms with Crippen LogP contribution in [0.4, 0.5) is 4.39 Å². The van der Waals surface area contributed by atoms with Gasteiger partial charge in [-0.2, -0.15) is 0 Å². The van der Waals surface area contributed by atoms with Crippen molar-refractivity contribution in [2.45, 2.75) is 39.3 Å². The average molecular weight is 235 g/mol. The second-order valence-electron chi connectivity index (χ2n) is 4.24. The molecule has 0 radical (unpaired) electrons. The molecule has 0 saturated heterocycles. The molecule has 0 aliphatic carbocycles. The SMILES string of the molecule is CCCC(N)c1nc2cc(F)ccc2n1CC. The number of halogens is 1. The largest absolute Gasteiger partial charge is 0.327 e. The molecule has 4 heteroatoms. The van der Waals surface area contributed by atoms with Crippen LogP contribution in [0.15, 0.2) is 18.2 Å². The van der Waals surface area contributed by atoms with Gasteiger partial charge in [-0.3, -0.25) is 0 Å². The number of aromatic nitrogens is 2. The highest BCUT2D eigenvalue weighted by atomic mass is 19.1. The van der Waals surface area contributed by atoms with Crippen LogP contribution >= 0.6 is 0 Å². The smallest absolute Gasteiger partial charge is 0.126 e. The Morgan fingerprint density at radius 1 is 1.41 bits per heavy atom. The third kappa shape index (κ3) is 2.17. The van der Waals surface area contributed by atoms with Crippen LogP contribution in [0, 0.1) is 5.82 Å². The molecule has 0 spiro atoms. The molecule has 92 valence electrons. The van der Waals surface area contributed by atoms with E-state index in [9.17, 15) is 4.39 Å². The van der Waals surface area contributed by atoms with Gasteiger partial charge in [-0.15, -0.1) is 0 Å². The van der Waals surface area contributed by atoms with Crippen LogP contribution in [0.1, 0.15) is 38.6 Å². The van der Waals surface area contributed by atoms with E-state index in [1.54, 1.807) is 6.07 Å². The third-order valence-electron chi connectivity index (χ3n) is 2.99. The normalized spacial score (nSPS) is 13.2. The van der Waals surface area contributed by atoms with E-state index < -0.39 is 0 Å². The van der Waals surface area contributed by atoms with Gasteiger partial charge in [-0.1, -0.05) is 13.3 Å². The van der Waals surface area contributed by atoms with Gasteiger partial charge in [0.15, 0.2) is 0 Å². The van der Waals surface area contributed by atoms with Crippen molar-refractivity contribution in [3.8, 4) is 0 Å². The maximum atomic E-state index is 13.2. The lowest BCUT2D eigenvalue weighted by atomic mass is 10.2. The summed E-state index contributed by atoms with van der Waals surface area (Å²) in [6, 6.07) is 4.62. The van der Waals surface area contributed by atoms with Crippen LogP contribution in [0.25, 0.3) is 11.0 Å². The highest BCUT2D eigenvalue weighted by molar-refractivity contribution is 5.76. The molecule has 1 aromatic heterocycles. The summed E-state index contributed by atoms with van der Waals surface area (Å²) in [4.78, 5) is 4.46. The van der Waals surface area contributed by atoms with Crippen LogP contribution in [-0.4, -0.2) is 9.55 Å². The third-order valence-corrected chi connectivity index (χ3v) is 2.99. The van der Waals surface area contributed by atoms with Crippen LogP contribution in [0.2, 0.25) is 0 Å². The molecular weight excluding hydrogens is 217 g/mol. The monoisotopic (exact) mass is 235 g/mol. The minimum Gasteiger partial charge on any atom is -0.327 e. The highest BCUT2D eigenvalue weighted by Gasteiger charge is 2.15. The lowest BCUT2D eigenvalue weighted by Crippen LogP contribution is -2.16. The first-order valence-electron chi connectivity index (χ1n) is 6.08. The van der Waals surface area contributed by atoms with Crippen molar-refractivity contribution in [2.24, 2.45) is 5.73 Å². The molecule has 0 bridgehead atoms. The Morgan fingerprint density at radius 2 is 2.18 bits per heavy atom. The van der Waals surface area contributed by atoms with Gasteiger partial charge in [0.1, 0.15) is 11.6 Å². The summed E-state index contributed by atoms with van der Waals surface area (Å²) in [5.41, 5.74) is 7.75. The van der Waals surface area contributed by atoms with Crippen LogP contribution in [0.5, 0.6) is 0 Å². The summed E-state index contributed by atoms with van der Waals surface area (Å²) in [7, 11) is 0. The second kappa shape index (κ2) is 4.84. The van der Waals surface area contributed by atoms with Crippen LogP contribution < -0.4 is 5.73 Å². The van der Waals surface area contributed by atoms with E-state index in [4.69, 9.17) is 5.73 Å². The first-order chi connectivity index (χ1) is 8.17. The van der Waals surface area contributed by atoms with Crippen molar-refractivity contribution in [1.29, 1.82) is 0 Å². The number of imidazole rings is 1. The second-order valence-corrected chi connectivity index (χ2v) is 4.24. The van der Waals surface area contributed by atoms with Gasteiger partial charge in [0.25, 0.3) is 0 Å². The van der Waals surface area contributed by atoms with Crippen molar-refractivity contribution in [3.05, 3.63) is 29.8 Å². The fourth-order valence-corrected chi connectivity index (χ4v) is 2.18. The van der Waals surface area contributed by atoms with E-state index in [0.29, 0.717) is 5.52 Å². The molecule has 0 aliphatic heterocycles. The molecule has 2 rings (SSSR count). The fraction of sp³-hybridized carbons (Fsp3) is 0.462. The van der Waals surface area contributed by atoms with Crippen molar-refractivity contribution in [3.63, 3.8) is 0 Å². The minimum atomic E-state index is -0.256. The Morgan fingerprint density at radius 3 is 2.82 bits per heavy atom. The molecule has 17 heavy (non-hydrogen) atoms. The van der Waals surface area contributed by atoms with Crippen molar-refractivity contribution >= 4 is 11.0 Å². The summed E-state index contributed by atoms with van der Waals surface area (Å²) >= 11 is 0. The molecule has 1 heterocycles. The Bertz CT molecular complexity index is 519. The predicted octanol–water partition coefficient (Wildman–Crippen LogP) is 3.00. The fourth-order valence-electron chi connectivity index (χ4n) is 2.18. The molecular formula is C13H18FN3. The summed E-state index contributed by atoms with van der Waals surface area (Å²) < 4.78 is 15.2. The molecule has 2 N–H and O–H groups in total. The van der Waals surface area contributed by atoms with Crippen molar-refractivity contribution < 1.29 is 4.39 Å². The molecule has 2 aromatic rings. The first kappa shape index (κ1) is 12.0. The van der Waals surface area contributed by atoms with Gasteiger partial charge >= 0.3 is 0 Å². The average Bonchev–Trinajstić information content (AvgIpc) is 2.66. The quantitative estimate of drug-likeness (QED) is 0.885. The van der Waals surface area contributed by atoms with Gasteiger partial charge in [0, 0.05) is 12.6 Å². The van der Waals surface area contributed by atoms with E-state index in [0.717, 1.165) is 30.7 Å². The number of hydrogen-bond donors (Lipinski definition) is 1. The van der Waals surface area contributed by atoms with Gasteiger partial charge in [-0.05, 0) is 25.5 Å². The number of nitrogens with zero attached hydrogens (tertiary/aromatic N) is 2. The van der Waals surface area contributed by atoms with Gasteiger partial charge < -0.3 is 10.3 Å². The maximum absolute atomic E-state index is 13.2. The van der Waals surface area contributed by atoms with Crippen LogP contribution in [-0.2, 0) is 6.54 Å². The van der Waals surface area contributed by atoms with Gasteiger partial charge in [0.05, 0.1) is 17.1 Å². The molecule has 0 aliphatic rings. The standard InChI is InChI=1S/C13H18FN3/c1-3-5-10(15)13-16-11-8-9(14)6-7-12(11)17(13)4-2/h6-8,10H,3-5,15H2,1-2H3. The zero-order valence-electron chi connectivity index (χ0n) is 10.3. The maximum Gasteiger partial charge on any atom is 0.126 e. The molecule has 3 nitrogen and oxygen atoms in total. The van der Waals surface area contributed by atoms with E-state index in [2.05, 4.69) is 16.5 Å². The summed E-state index contributed by atoms with van der Waals surface area (Å²) in [6.45, 7) is 4.94. The molecule has 1 atom stereocenters. The number of nitrogens with two attached hydrogens (primary N) is 1. The number of fused-ring (bicyclic) bond motifs is 1. The zero-order chi connectivity index (χ0) is 12.4. The molecule has 0 saturated carbocycles. The molecule has 1 aromatic carbocycles. The Hall–Kier alpha value is -1.42. The summed E-state index contributed by atoms with van der Waals surface area (Å²) in [5, 5.41) is 0. The van der Waals surface area contributed by atoms with E-state index in [-0.39, 0.29) is 11.9 Å². The topological polar surface area (TPSA) is 43.8 Å². The van der Waals surface area contributed by atoms with Gasteiger partial charge in [-0.25, -0.2) is 9.37 Å². The lowest BCUT2D eigenvalue weighted by Gasteiger charge is -2.12. The molecule has 1 unspecified atom stereocenters. The Balaban J connectivity index is 2.55. The van der Waals surface area contributed by atoms with Crippen molar-refractivity contribution in [2.75, 3.05) is 0 Å². The highest BCUT2D eigenvalue weighted by Crippen LogP contribution is 2.22. The Labute approximate surface area is 100 Å². The van der Waals surface area contributed by atoms with Crippen LogP contribution in [0.3, 0.4) is 0 Å². The predicted molar refractivity (Wildman–Crippen MR) is 67.2 cm³/mol. The molecule has 0 amide bonds. The number of benzene rings is 1. The van der Waals surface area contributed by atoms with E-state index >= 15 is 0 Å². The minimum absolute atomic E-state index is 0.0737. The number of rotatable bonds is 4. The van der Waals surface area contributed by atoms with E-state index in [1.807, 2.05) is 6.92 Å². The zero-order valence-corrected chi connectivity index (χ0v) is 10.3. The number of aryl methyl sites for hydroxylation is 1. The number of hydrogen-bond acceptors (Lipinski definition) is 2. The first-order valence-corrected chi connectivity index (χ1v) is 6.08. The Kier molecular flexibility index (Phi) is 3.43. The van der Waals surface area contributed by atoms with E-state index in [1.165, 1.54) is 12.1 Å². The summed E-state index contributed by atoms with van der Waals surface area (Å²) in [6.07, 6.45) is 1.91. The summed E-state index contributed by atoms with van der Waals surface area (Å²) in [5.74, 6) is 0.601. The molecule has 0 fully saturated rings. The van der Waals surface area contributed by atoms with Gasteiger partial charge in [0.2, 0.25) is 0 Å². The van der Waals surface area contributed by atoms with Crippen molar-refractivity contribution in [1.82, 2.24) is 9.55 Å².